The maximum absolute atomic E-state index is 10.7. The second-order valence-corrected chi connectivity index (χ2v) is 3.67. The van der Waals surface area contributed by atoms with Gasteiger partial charge in [0.25, 0.3) is 0 Å². The molecule has 3 heteroatoms. The van der Waals surface area contributed by atoms with Crippen LogP contribution in [0.15, 0.2) is 0 Å². The molecule has 1 amide bonds. The van der Waals surface area contributed by atoms with Gasteiger partial charge in [0.2, 0.25) is 5.91 Å². The first-order valence-corrected chi connectivity index (χ1v) is 4.55. The topological polar surface area (TPSA) is 29.1 Å². The summed E-state index contributed by atoms with van der Waals surface area (Å²) in [6.45, 7) is 1.54. The highest BCUT2D eigenvalue weighted by atomic mass is 35.5. The molecule has 1 aliphatic rings. The number of amides is 1. The molecule has 1 rings (SSSR count). The van der Waals surface area contributed by atoms with E-state index in [9.17, 15) is 4.79 Å². The molecule has 0 aromatic rings. The van der Waals surface area contributed by atoms with Crippen LogP contribution in [0.1, 0.15) is 32.6 Å². The molecule has 1 fully saturated rings. The quantitative estimate of drug-likeness (QED) is 0.604. The van der Waals surface area contributed by atoms with Crippen LogP contribution in [0.3, 0.4) is 0 Å². The summed E-state index contributed by atoms with van der Waals surface area (Å²) < 4.78 is 0. The minimum atomic E-state index is 0.0301. The van der Waals surface area contributed by atoms with Crippen LogP contribution in [0.25, 0.3) is 0 Å². The third-order valence-electron chi connectivity index (χ3n) is 2.07. The van der Waals surface area contributed by atoms with Crippen molar-refractivity contribution in [2.75, 3.05) is 0 Å². The average molecular weight is 176 g/mol. The molecule has 2 nitrogen and oxygen atoms in total. The van der Waals surface area contributed by atoms with Crippen LogP contribution in [0, 0.1) is 0 Å². The van der Waals surface area contributed by atoms with Crippen molar-refractivity contribution in [1.29, 1.82) is 0 Å². The van der Waals surface area contributed by atoms with Gasteiger partial charge in [-0.2, -0.15) is 0 Å². The Kier molecular flexibility index (Phi) is 3.18. The third kappa shape index (κ3) is 2.70. The zero-order valence-electron chi connectivity index (χ0n) is 6.77. The van der Waals surface area contributed by atoms with Crippen LogP contribution in [-0.4, -0.2) is 17.3 Å². The molecule has 1 aliphatic carbocycles. The lowest BCUT2D eigenvalue weighted by molar-refractivity contribution is -0.119. The third-order valence-corrected chi connectivity index (χ3v) is 2.59. The molecule has 0 radical (unpaired) electrons. The number of hydrogen-bond donors (Lipinski definition) is 1. The molecular formula is C8H14ClNO. The molecule has 1 N–H and O–H groups in total. The van der Waals surface area contributed by atoms with Gasteiger partial charge in [-0.1, -0.05) is 12.8 Å². The van der Waals surface area contributed by atoms with Crippen LogP contribution >= 0.6 is 11.6 Å². The van der Waals surface area contributed by atoms with Crippen molar-refractivity contribution < 1.29 is 4.79 Å². The lowest BCUT2D eigenvalue weighted by atomic mass is 9.95. The lowest BCUT2D eigenvalue weighted by Gasteiger charge is -2.27. The lowest BCUT2D eigenvalue weighted by Crippen LogP contribution is -2.41. The highest BCUT2D eigenvalue weighted by Gasteiger charge is 2.23. The van der Waals surface area contributed by atoms with E-state index in [1.54, 1.807) is 0 Å². The van der Waals surface area contributed by atoms with E-state index in [0.717, 1.165) is 12.8 Å². The predicted octanol–water partition coefficient (Wildman–Crippen LogP) is 1.67. The second kappa shape index (κ2) is 3.96. The van der Waals surface area contributed by atoms with Gasteiger partial charge >= 0.3 is 0 Å². The Balaban J connectivity index is 2.35. The average Bonchev–Trinajstić information content (AvgIpc) is 1.93. The number of alkyl halides is 1. The fraction of sp³-hybridized carbons (Fsp3) is 0.875. The molecule has 64 valence electrons. The van der Waals surface area contributed by atoms with Gasteiger partial charge < -0.3 is 5.32 Å². The standard InChI is InChI=1S/C8H14ClNO/c1-6(11)10-8-5-3-2-4-7(8)9/h7-8H,2-5H2,1H3,(H,10,11)/t7-,8+/m0/s1. The van der Waals surface area contributed by atoms with E-state index in [0.29, 0.717) is 0 Å². The zero-order valence-corrected chi connectivity index (χ0v) is 7.53. The van der Waals surface area contributed by atoms with Crippen molar-refractivity contribution in [3.63, 3.8) is 0 Å². The van der Waals surface area contributed by atoms with Crippen molar-refractivity contribution in [2.45, 2.75) is 44.0 Å². The SMILES string of the molecule is CC(=O)N[C@@H]1CCCC[C@@H]1Cl. The largest absolute Gasteiger partial charge is 0.352 e. The van der Waals surface area contributed by atoms with Crippen molar-refractivity contribution in [3.8, 4) is 0 Å². The Morgan fingerprint density at radius 2 is 2.09 bits per heavy atom. The normalized spacial score (nSPS) is 31.5. The number of halogens is 1. The van der Waals surface area contributed by atoms with Gasteiger partial charge in [0.1, 0.15) is 0 Å². The fourth-order valence-electron chi connectivity index (χ4n) is 1.51. The maximum Gasteiger partial charge on any atom is 0.217 e. The molecule has 0 bridgehead atoms. The maximum atomic E-state index is 10.7. The first-order valence-electron chi connectivity index (χ1n) is 4.11. The molecule has 0 aromatic heterocycles. The Bertz CT molecular complexity index is 149. The van der Waals surface area contributed by atoms with E-state index in [1.807, 2.05) is 0 Å². The Morgan fingerprint density at radius 3 is 2.64 bits per heavy atom. The van der Waals surface area contributed by atoms with Gasteiger partial charge in [0.05, 0.1) is 5.38 Å². The Labute approximate surface area is 72.3 Å². The van der Waals surface area contributed by atoms with Gasteiger partial charge in [0.15, 0.2) is 0 Å². The van der Waals surface area contributed by atoms with Crippen LogP contribution < -0.4 is 5.32 Å². The van der Waals surface area contributed by atoms with Crippen LogP contribution in [0.5, 0.6) is 0 Å². The molecule has 2 atom stereocenters. The first-order chi connectivity index (χ1) is 5.20. The molecule has 1 saturated carbocycles. The van der Waals surface area contributed by atoms with E-state index < -0.39 is 0 Å². The zero-order chi connectivity index (χ0) is 8.27. The van der Waals surface area contributed by atoms with Gasteiger partial charge in [0, 0.05) is 13.0 Å². The molecule has 0 spiro atoms. The summed E-state index contributed by atoms with van der Waals surface area (Å²) in [6, 6.07) is 0.211. The number of nitrogens with one attached hydrogen (secondary N) is 1. The minimum absolute atomic E-state index is 0.0301. The van der Waals surface area contributed by atoms with Crippen molar-refractivity contribution in [3.05, 3.63) is 0 Å². The molecule has 11 heavy (non-hydrogen) atoms. The highest BCUT2D eigenvalue weighted by Crippen LogP contribution is 2.22. The Morgan fingerprint density at radius 1 is 1.45 bits per heavy atom. The molecule has 0 heterocycles. The summed E-state index contributed by atoms with van der Waals surface area (Å²) in [6.07, 6.45) is 4.46. The minimum Gasteiger partial charge on any atom is -0.352 e. The first kappa shape index (κ1) is 8.85. The van der Waals surface area contributed by atoms with E-state index in [-0.39, 0.29) is 17.3 Å². The smallest absolute Gasteiger partial charge is 0.217 e. The summed E-state index contributed by atoms with van der Waals surface area (Å²) >= 11 is 6.01. The summed E-state index contributed by atoms with van der Waals surface area (Å²) in [5.74, 6) is 0.0301. The van der Waals surface area contributed by atoms with Gasteiger partial charge in [-0.05, 0) is 12.8 Å². The van der Waals surface area contributed by atoms with E-state index in [2.05, 4.69) is 5.32 Å². The van der Waals surface area contributed by atoms with Gasteiger partial charge in [-0.15, -0.1) is 11.6 Å². The van der Waals surface area contributed by atoms with Gasteiger partial charge in [-0.25, -0.2) is 0 Å². The van der Waals surface area contributed by atoms with Crippen molar-refractivity contribution in [1.82, 2.24) is 5.32 Å². The number of rotatable bonds is 1. The van der Waals surface area contributed by atoms with Crippen LogP contribution in [0.4, 0.5) is 0 Å². The highest BCUT2D eigenvalue weighted by molar-refractivity contribution is 6.21. The second-order valence-electron chi connectivity index (χ2n) is 3.11. The number of hydrogen-bond acceptors (Lipinski definition) is 1. The van der Waals surface area contributed by atoms with E-state index in [1.165, 1.54) is 19.8 Å². The molecule has 0 unspecified atom stereocenters. The van der Waals surface area contributed by atoms with Gasteiger partial charge in [-0.3, -0.25) is 4.79 Å². The van der Waals surface area contributed by atoms with Crippen molar-refractivity contribution in [2.24, 2.45) is 0 Å². The van der Waals surface area contributed by atoms with E-state index in [4.69, 9.17) is 11.6 Å². The van der Waals surface area contributed by atoms with Crippen LogP contribution in [0.2, 0.25) is 0 Å². The number of carbonyl (C=O) groups is 1. The molecule has 0 saturated heterocycles. The number of carbonyl (C=O) groups excluding carboxylic acids is 1. The summed E-state index contributed by atoms with van der Waals surface area (Å²) in [7, 11) is 0. The predicted molar refractivity (Wildman–Crippen MR) is 45.7 cm³/mol. The molecule has 0 aromatic carbocycles. The summed E-state index contributed by atoms with van der Waals surface area (Å²) in [4.78, 5) is 10.7. The summed E-state index contributed by atoms with van der Waals surface area (Å²) in [5.41, 5.74) is 0. The molecular weight excluding hydrogens is 162 g/mol. The monoisotopic (exact) mass is 175 g/mol. The fourth-order valence-corrected chi connectivity index (χ4v) is 1.85. The van der Waals surface area contributed by atoms with Crippen molar-refractivity contribution >= 4 is 17.5 Å². The van der Waals surface area contributed by atoms with E-state index >= 15 is 0 Å². The Hall–Kier alpha value is -0.240. The molecule has 0 aliphatic heterocycles. The van der Waals surface area contributed by atoms with Crippen LogP contribution in [-0.2, 0) is 4.79 Å². The summed E-state index contributed by atoms with van der Waals surface area (Å²) in [5, 5.41) is 3.01.